The zero-order valence-electron chi connectivity index (χ0n) is 13.9. The second-order valence-corrected chi connectivity index (χ2v) is 6.94. The first-order valence-corrected chi connectivity index (χ1v) is 9.03. The number of carbonyl (C=O) groups is 1. The molecule has 0 radical (unpaired) electrons. The topological polar surface area (TPSA) is 90.4 Å². The van der Waals surface area contributed by atoms with Crippen LogP contribution in [-0.4, -0.2) is 49.8 Å². The summed E-state index contributed by atoms with van der Waals surface area (Å²) >= 11 is 3.31. The van der Waals surface area contributed by atoms with Crippen LogP contribution in [-0.2, 0) is 6.54 Å². The van der Waals surface area contributed by atoms with E-state index in [1.807, 2.05) is 36.1 Å². The van der Waals surface area contributed by atoms with Gasteiger partial charge in [0, 0.05) is 17.6 Å². The van der Waals surface area contributed by atoms with Crippen molar-refractivity contribution < 1.29 is 4.79 Å². The average Bonchev–Trinajstić information content (AvgIpc) is 3.25. The van der Waals surface area contributed by atoms with E-state index >= 15 is 0 Å². The van der Waals surface area contributed by atoms with Crippen molar-refractivity contribution in [1.82, 2.24) is 24.8 Å². The van der Waals surface area contributed by atoms with Crippen molar-refractivity contribution in [2.75, 3.05) is 18.0 Å². The van der Waals surface area contributed by atoms with Crippen molar-refractivity contribution in [1.29, 1.82) is 0 Å². The molecule has 1 amide bonds. The number of nitrogens with one attached hydrogen (secondary N) is 1. The van der Waals surface area contributed by atoms with E-state index in [9.17, 15) is 4.79 Å². The predicted octanol–water partition coefficient (Wildman–Crippen LogP) is 2.26. The number of para-hydroxylation sites is 1. The summed E-state index contributed by atoms with van der Waals surface area (Å²) in [5.41, 5.74) is 2.22. The Labute approximate surface area is 157 Å². The lowest BCUT2D eigenvalue weighted by atomic mass is 10.2. The number of hydrogen-bond donors (Lipinski definition) is 1. The standard InChI is InChI=1S/C17H14BrN7O/c1-9-10-4-2-3-5-11(10)21-12(20-9)8-25-15(26)13-14(23-16(18)22-13)24-7-6-19-17(24)25/h2-5H,6-8H2,1H3,(H,22,23). The quantitative estimate of drug-likeness (QED) is 0.698. The molecule has 0 atom stereocenters. The zero-order valence-corrected chi connectivity index (χ0v) is 15.5. The van der Waals surface area contributed by atoms with E-state index < -0.39 is 0 Å². The molecule has 1 N–H and O–H groups in total. The van der Waals surface area contributed by atoms with Crippen molar-refractivity contribution >= 4 is 44.5 Å². The highest BCUT2D eigenvalue weighted by Crippen LogP contribution is 2.30. The van der Waals surface area contributed by atoms with Gasteiger partial charge in [0.05, 0.1) is 18.6 Å². The zero-order chi connectivity index (χ0) is 17.8. The van der Waals surface area contributed by atoms with Crippen LogP contribution in [0.4, 0.5) is 5.82 Å². The number of H-pyrrole nitrogens is 1. The highest BCUT2D eigenvalue weighted by atomic mass is 79.9. The summed E-state index contributed by atoms with van der Waals surface area (Å²) < 4.78 is 0.529. The average molecular weight is 412 g/mol. The minimum absolute atomic E-state index is 0.176. The fourth-order valence-electron chi connectivity index (χ4n) is 3.42. The Kier molecular flexibility index (Phi) is 3.33. The van der Waals surface area contributed by atoms with Crippen molar-refractivity contribution in [2.45, 2.75) is 13.5 Å². The fraction of sp³-hybridized carbons (Fsp3) is 0.235. The third-order valence-corrected chi connectivity index (χ3v) is 4.95. The van der Waals surface area contributed by atoms with Gasteiger partial charge in [-0.25, -0.2) is 15.0 Å². The van der Waals surface area contributed by atoms with Gasteiger partial charge in [0.15, 0.2) is 16.2 Å². The number of hydrogen-bond acceptors (Lipinski definition) is 6. The minimum Gasteiger partial charge on any atom is -0.327 e. The molecule has 0 saturated carbocycles. The van der Waals surface area contributed by atoms with Gasteiger partial charge in [-0.1, -0.05) is 18.2 Å². The van der Waals surface area contributed by atoms with Crippen LogP contribution >= 0.6 is 15.9 Å². The molecule has 3 aromatic rings. The SMILES string of the molecule is Cc1nc(CN2C(=O)c3[nH]c(Br)nc3N3CCN=C23)nc2ccccc12. The van der Waals surface area contributed by atoms with Crippen LogP contribution in [0.1, 0.15) is 22.0 Å². The number of carbonyl (C=O) groups excluding carboxylic acids is 1. The van der Waals surface area contributed by atoms with Gasteiger partial charge < -0.3 is 4.98 Å². The van der Waals surface area contributed by atoms with Gasteiger partial charge in [0.2, 0.25) is 5.96 Å². The largest absolute Gasteiger partial charge is 0.327 e. The van der Waals surface area contributed by atoms with Crippen molar-refractivity contribution in [3.63, 3.8) is 0 Å². The predicted molar refractivity (Wildman–Crippen MR) is 100 cm³/mol. The van der Waals surface area contributed by atoms with Crippen molar-refractivity contribution in [2.24, 2.45) is 4.99 Å². The first-order valence-electron chi connectivity index (χ1n) is 8.23. The fourth-order valence-corrected chi connectivity index (χ4v) is 3.79. The number of amides is 1. The summed E-state index contributed by atoms with van der Waals surface area (Å²) in [6.45, 7) is 3.53. The van der Waals surface area contributed by atoms with Gasteiger partial charge in [0.1, 0.15) is 5.82 Å². The van der Waals surface area contributed by atoms with Crippen molar-refractivity contribution in [3.8, 4) is 0 Å². The van der Waals surface area contributed by atoms with Crippen molar-refractivity contribution in [3.05, 3.63) is 46.2 Å². The molecule has 2 aliphatic rings. The molecule has 4 heterocycles. The Morgan fingerprint density at radius 1 is 1.23 bits per heavy atom. The second-order valence-electron chi connectivity index (χ2n) is 6.19. The maximum atomic E-state index is 13.0. The van der Waals surface area contributed by atoms with E-state index in [4.69, 9.17) is 0 Å². The minimum atomic E-state index is -0.176. The first kappa shape index (κ1) is 15.4. The summed E-state index contributed by atoms with van der Waals surface area (Å²) in [6.07, 6.45) is 0. The Morgan fingerprint density at radius 2 is 2.08 bits per heavy atom. The number of halogens is 1. The molecule has 0 saturated heterocycles. The van der Waals surface area contributed by atoms with E-state index in [0.717, 1.165) is 16.6 Å². The van der Waals surface area contributed by atoms with E-state index in [1.54, 1.807) is 4.90 Å². The van der Waals surface area contributed by atoms with E-state index in [2.05, 4.69) is 40.9 Å². The summed E-state index contributed by atoms with van der Waals surface area (Å²) in [5, 5.41) is 1.01. The van der Waals surface area contributed by atoms with Crippen LogP contribution in [0.5, 0.6) is 0 Å². The molecule has 0 unspecified atom stereocenters. The first-order chi connectivity index (χ1) is 12.6. The third kappa shape index (κ3) is 2.23. The number of nitrogens with zero attached hydrogens (tertiary/aromatic N) is 6. The molecule has 1 aromatic carbocycles. The summed E-state index contributed by atoms with van der Waals surface area (Å²) in [4.78, 5) is 37.6. The number of aryl methyl sites for hydroxylation is 1. The maximum Gasteiger partial charge on any atom is 0.281 e. The molecule has 130 valence electrons. The molecule has 2 aliphatic heterocycles. The van der Waals surface area contributed by atoms with Gasteiger partial charge >= 0.3 is 0 Å². The molecule has 0 spiro atoms. The maximum absolute atomic E-state index is 13.0. The van der Waals surface area contributed by atoms with E-state index in [0.29, 0.717) is 41.1 Å². The Hall–Kier alpha value is -2.81. The van der Waals surface area contributed by atoms with Crippen LogP contribution in [0.3, 0.4) is 0 Å². The molecule has 0 fully saturated rings. The molecule has 2 aromatic heterocycles. The lowest BCUT2D eigenvalue weighted by Crippen LogP contribution is -2.50. The number of rotatable bonds is 2. The van der Waals surface area contributed by atoms with Gasteiger partial charge in [-0.05, 0) is 28.9 Å². The normalized spacial score (nSPS) is 16.1. The Bertz CT molecular complexity index is 1090. The number of fused-ring (bicyclic) bond motifs is 4. The Morgan fingerprint density at radius 3 is 2.96 bits per heavy atom. The third-order valence-electron chi connectivity index (χ3n) is 4.57. The molecular formula is C17H14BrN7O. The smallest absolute Gasteiger partial charge is 0.281 e. The van der Waals surface area contributed by atoms with Crippen LogP contribution < -0.4 is 4.90 Å². The van der Waals surface area contributed by atoms with Crippen LogP contribution in [0, 0.1) is 6.92 Å². The molecule has 5 rings (SSSR count). The molecule has 0 aliphatic carbocycles. The summed E-state index contributed by atoms with van der Waals surface area (Å²) in [6, 6.07) is 7.86. The molecule has 26 heavy (non-hydrogen) atoms. The van der Waals surface area contributed by atoms with Gasteiger partial charge in [-0.3, -0.25) is 19.6 Å². The monoisotopic (exact) mass is 411 g/mol. The summed E-state index contributed by atoms with van der Waals surface area (Å²) in [7, 11) is 0. The van der Waals surface area contributed by atoms with Gasteiger partial charge in [0.25, 0.3) is 5.91 Å². The van der Waals surface area contributed by atoms with Crippen LogP contribution in [0.2, 0.25) is 0 Å². The molecule has 9 heteroatoms. The number of benzene rings is 1. The van der Waals surface area contributed by atoms with Gasteiger partial charge in [-0.2, -0.15) is 0 Å². The number of aliphatic imine (C=N–C) groups is 1. The molecule has 8 nitrogen and oxygen atoms in total. The number of aromatic nitrogens is 4. The highest BCUT2D eigenvalue weighted by molar-refractivity contribution is 9.10. The molecule has 0 bridgehead atoms. The lowest BCUT2D eigenvalue weighted by molar-refractivity contribution is 0.0825. The second kappa shape index (κ2) is 5.60. The lowest BCUT2D eigenvalue weighted by Gasteiger charge is -2.32. The number of anilines is 1. The number of aromatic amines is 1. The highest BCUT2D eigenvalue weighted by Gasteiger charge is 2.40. The van der Waals surface area contributed by atoms with Crippen LogP contribution in [0.25, 0.3) is 10.9 Å². The number of guanidine groups is 1. The number of imidazole rings is 1. The van der Waals surface area contributed by atoms with Gasteiger partial charge in [-0.15, -0.1) is 0 Å². The van der Waals surface area contributed by atoms with Crippen LogP contribution in [0.15, 0.2) is 34.0 Å². The molecular weight excluding hydrogens is 398 g/mol. The summed E-state index contributed by atoms with van der Waals surface area (Å²) in [5.74, 6) is 1.64. The van der Waals surface area contributed by atoms with E-state index in [1.165, 1.54) is 0 Å². The van der Waals surface area contributed by atoms with E-state index in [-0.39, 0.29) is 12.5 Å². The Balaban J connectivity index is 1.57.